The molecular formula is C30H30BaO4. The number of methoxy groups -OCH3 is 4. The molecule has 0 atom stereocenters. The zero-order valence-electron chi connectivity index (χ0n) is 20.7. The van der Waals surface area contributed by atoms with Gasteiger partial charge >= 0.3 is 235 Å². The SMILES string of the molecule is COc1ccccc1[CH]([Ba][CH](c1ccccc1OC)c1ccccc1OC)c1ccccc1OC. The third-order valence-corrected chi connectivity index (χ3v) is 15.0. The minimum absolute atomic E-state index is 0.210. The number of ether oxygens (including phenoxy) is 4. The van der Waals surface area contributed by atoms with E-state index in [1.165, 1.54) is 22.3 Å². The van der Waals surface area contributed by atoms with E-state index in [1.807, 2.05) is 48.5 Å². The van der Waals surface area contributed by atoms with Gasteiger partial charge in [-0.1, -0.05) is 0 Å². The van der Waals surface area contributed by atoms with Crippen molar-refractivity contribution in [2.75, 3.05) is 28.4 Å². The van der Waals surface area contributed by atoms with E-state index in [1.54, 1.807) is 28.4 Å². The second-order valence-corrected chi connectivity index (χ2v) is 14.9. The molecule has 0 aliphatic rings. The van der Waals surface area contributed by atoms with Crippen molar-refractivity contribution in [1.29, 1.82) is 0 Å². The van der Waals surface area contributed by atoms with Crippen LogP contribution in [-0.2, 0) is 0 Å². The molecule has 0 saturated carbocycles. The molecule has 0 aliphatic heterocycles. The molecule has 5 heteroatoms. The van der Waals surface area contributed by atoms with Crippen molar-refractivity contribution in [2.24, 2.45) is 0 Å². The van der Waals surface area contributed by atoms with Crippen molar-refractivity contribution < 1.29 is 18.9 Å². The standard InChI is InChI=1S/2C15H15O2.Ba/c2*1-16-14-9-5-3-7-12(14)11-13-8-4-6-10-15(13)17-2;/h2*3-11H,1-2H3;. The van der Waals surface area contributed by atoms with Gasteiger partial charge in [0.2, 0.25) is 0 Å². The molecule has 0 heterocycles. The van der Waals surface area contributed by atoms with Crippen LogP contribution in [0.15, 0.2) is 97.1 Å². The van der Waals surface area contributed by atoms with Gasteiger partial charge in [-0.05, 0) is 0 Å². The first-order chi connectivity index (χ1) is 17.2. The van der Waals surface area contributed by atoms with Crippen LogP contribution in [0.25, 0.3) is 0 Å². The molecule has 0 spiro atoms. The molecule has 4 aromatic carbocycles. The molecule has 0 amide bonds. The summed E-state index contributed by atoms with van der Waals surface area (Å²) in [6.07, 6.45) is 0. The Morgan fingerprint density at radius 3 is 0.857 bits per heavy atom. The first kappa shape index (κ1) is 25.7. The predicted octanol–water partition coefficient (Wildman–Crippen LogP) is 6.30. The summed E-state index contributed by atoms with van der Waals surface area (Å²) >= 11 is -2.05. The maximum atomic E-state index is 5.85. The van der Waals surface area contributed by atoms with E-state index in [2.05, 4.69) is 48.5 Å². The Hall–Kier alpha value is -2.35. The predicted molar refractivity (Wildman–Crippen MR) is 141 cm³/mol. The summed E-state index contributed by atoms with van der Waals surface area (Å²) in [6.45, 7) is 0. The molecule has 0 aromatic heterocycles. The van der Waals surface area contributed by atoms with Crippen molar-refractivity contribution in [3.8, 4) is 23.0 Å². The molecule has 0 bridgehead atoms. The van der Waals surface area contributed by atoms with Crippen LogP contribution in [0.2, 0.25) is 0 Å². The molecule has 0 N–H and O–H groups in total. The molecule has 176 valence electrons. The molecule has 0 radical (unpaired) electrons. The summed E-state index contributed by atoms with van der Waals surface area (Å²) in [7, 11) is 6.97. The fourth-order valence-electron chi connectivity index (χ4n) is 4.90. The summed E-state index contributed by atoms with van der Waals surface area (Å²) in [4.78, 5) is 0. The summed E-state index contributed by atoms with van der Waals surface area (Å²) < 4.78 is 23.8. The molecule has 0 unspecified atom stereocenters. The summed E-state index contributed by atoms with van der Waals surface area (Å²) in [5.41, 5.74) is 4.82. The van der Waals surface area contributed by atoms with E-state index >= 15 is 0 Å². The molecule has 0 fully saturated rings. The average Bonchev–Trinajstić information content (AvgIpc) is 2.94. The first-order valence-corrected chi connectivity index (χ1v) is 16.9. The molecular weight excluding hydrogens is 562 g/mol. The van der Waals surface area contributed by atoms with E-state index in [4.69, 9.17) is 18.9 Å². The van der Waals surface area contributed by atoms with Crippen molar-refractivity contribution in [3.05, 3.63) is 119 Å². The Morgan fingerprint density at radius 2 is 0.629 bits per heavy atom. The number of para-hydroxylation sites is 4. The summed E-state index contributed by atoms with van der Waals surface area (Å²) in [5.74, 6) is 3.62. The van der Waals surface area contributed by atoms with Crippen molar-refractivity contribution >= 4 is 44.2 Å². The number of benzene rings is 4. The van der Waals surface area contributed by atoms with E-state index in [0.717, 1.165) is 23.0 Å². The monoisotopic (exact) mass is 592 g/mol. The van der Waals surface area contributed by atoms with Crippen LogP contribution in [0.4, 0.5) is 0 Å². The Bertz CT molecular complexity index is 1060. The van der Waals surface area contributed by atoms with E-state index < -0.39 is 44.2 Å². The molecule has 35 heavy (non-hydrogen) atoms. The van der Waals surface area contributed by atoms with Gasteiger partial charge in [0.15, 0.2) is 0 Å². The van der Waals surface area contributed by atoms with E-state index in [-0.39, 0.29) is 0.772 Å². The van der Waals surface area contributed by atoms with Gasteiger partial charge in [0, 0.05) is 0 Å². The Balaban J connectivity index is 1.94. The fourth-order valence-corrected chi connectivity index (χ4v) is 13.8. The van der Waals surface area contributed by atoms with Gasteiger partial charge in [0.25, 0.3) is 0 Å². The molecule has 0 saturated heterocycles. The third-order valence-electron chi connectivity index (χ3n) is 6.53. The molecule has 4 nitrogen and oxygen atoms in total. The third kappa shape index (κ3) is 5.74. The van der Waals surface area contributed by atoms with E-state index in [9.17, 15) is 0 Å². The Kier molecular flexibility index (Phi) is 9.24. The van der Waals surface area contributed by atoms with Crippen LogP contribution in [0.3, 0.4) is 0 Å². The Morgan fingerprint density at radius 1 is 0.400 bits per heavy atom. The van der Waals surface area contributed by atoms with Crippen molar-refractivity contribution in [1.82, 2.24) is 0 Å². The van der Waals surface area contributed by atoms with Gasteiger partial charge in [-0.3, -0.25) is 0 Å². The topological polar surface area (TPSA) is 36.9 Å². The maximum absolute atomic E-state index is 5.85. The molecule has 4 rings (SSSR count). The van der Waals surface area contributed by atoms with Gasteiger partial charge in [-0.25, -0.2) is 0 Å². The van der Waals surface area contributed by atoms with Crippen molar-refractivity contribution in [3.63, 3.8) is 0 Å². The van der Waals surface area contributed by atoms with Crippen LogP contribution in [0.5, 0.6) is 23.0 Å². The first-order valence-electron chi connectivity index (χ1n) is 11.7. The Labute approximate surface area is 232 Å². The van der Waals surface area contributed by atoms with Crippen LogP contribution in [0.1, 0.15) is 23.0 Å². The minimum atomic E-state index is -2.05. The number of hydrogen-bond acceptors (Lipinski definition) is 4. The van der Waals surface area contributed by atoms with Crippen LogP contribution in [-0.4, -0.2) is 72.6 Å². The summed E-state index contributed by atoms with van der Waals surface area (Å²) in [6, 6.07) is 33.4. The quantitative estimate of drug-likeness (QED) is 0.203. The van der Waals surface area contributed by atoms with Crippen LogP contribution in [0, 0.1) is 0 Å². The van der Waals surface area contributed by atoms with Crippen LogP contribution >= 0.6 is 0 Å². The van der Waals surface area contributed by atoms with Gasteiger partial charge in [-0.2, -0.15) is 0 Å². The zero-order chi connectivity index (χ0) is 24.6. The normalized spacial score (nSPS) is 10.7. The van der Waals surface area contributed by atoms with Gasteiger partial charge in [-0.15, -0.1) is 0 Å². The van der Waals surface area contributed by atoms with Gasteiger partial charge < -0.3 is 0 Å². The van der Waals surface area contributed by atoms with Crippen LogP contribution < -0.4 is 18.9 Å². The zero-order valence-corrected chi connectivity index (χ0v) is 25.2. The van der Waals surface area contributed by atoms with Gasteiger partial charge in [0.05, 0.1) is 0 Å². The van der Waals surface area contributed by atoms with Crippen molar-refractivity contribution in [2.45, 2.75) is 0.772 Å². The molecule has 4 aromatic rings. The van der Waals surface area contributed by atoms with Gasteiger partial charge in [0.1, 0.15) is 0 Å². The van der Waals surface area contributed by atoms with E-state index in [0.29, 0.717) is 0 Å². The average molecular weight is 592 g/mol. The summed E-state index contributed by atoms with van der Waals surface area (Å²) in [5, 5.41) is 0. The number of rotatable bonds is 10. The fraction of sp³-hybridized carbons (Fsp3) is 0.200. The second kappa shape index (κ2) is 12.6. The second-order valence-electron chi connectivity index (χ2n) is 8.31. The molecule has 0 aliphatic carbocycles. The number of hydrogen-bond donors (Lipinski definition) is 0.